The normalized spacial score (nSPS) is 14.8. The molecule has 1 fully saturated rings. The van der Waals surface area contributed by atoms with Gasteiger partial charge in [-0.25, -0.2) is 16.8 Å². The zero-order valence-electron chi connectivity index (χ0n) is 20.9. The number of methoxy groups -OCH3 is 1. The van der Waals surface area contributed by atoms with Crippen LogP contribution in [0.1, 0.15) is 36.9 Å². The van der Waals surface area contributed by atoms with Gasteiger partial charge in [0, 0.05) is 25.3 Å². The molecule has 0 amide bonds. The number of Topliss-reactive ketones (excluding diaryl/α,β-unsaturated/α-hetero) is 1. The summed E-state index contributed by atoms with van der Waals surface area (Å²) in [7, 11) is -5.24. The Hall–Kier alpha value is -2.30. The van der Waals surface area contributed by atoms with Gasteiger partial charge >= 0.3 is 0 Å². The van der Waals surface area contributed by atoms with Crippen molar-refractivity contribution in [1.29, 1.82) is 0 Å². The van der Waals surface area contributed by atoms with E-state index in [9.17, 15) is 21.6 Å². The Morgan fingerprint density at radius 1 is 1.00 bits per heavy atom. The lowest BCUT2D eigenvalue weighted by molar-refractivity contribution is -0.121. The van der Waals surface area contributed by atoms with E-state index in [1.807, 2.05) is 0 Å². The van der Waals surface area contributed by atoms with Gasteiger partial charge in [-0.15, -0.1) is 0 Å². The smallest absolute Gasteiger partial charge is 0.181 e. The van der Waals surface area contributed by atoms with Crippen molar-refractivity contribution in [1.82, 2.24) is 4.98 Å². The van der Waals surface area contributed by atoms with Crippen LogP contribution in [-0.4, -0.2) is 52.3 Å². The highest BCUT2D eigenvalue weighted by molar-refractivity contribution is 7.92. The molecule has 0 N–H and O–H groups in total. The summed E-state index contributed by atoms with van der Waals surface area (Å²) in [5, 5.41) is 0.360. The van der Waals surface area contributed by atoms with Crippen molar-refractivity contribution in [3.8, 4) is 11.1 Å². The average molecular weight is 597 g/mol. The SMILES string of the molecule is CCS(=O)(=O)c1ccc(C(COC)C(=O)Cc2cc(Cl)c(-c3ccc(S(=O)(=O)C4CC4)cc3)c(Cl)c2)nc1. The van der Waals surface area contributed by atoms with E-state index in [4.69, 9.17) is 27.9 Å². The molecule has 4 rings (SSSR count). The molecule has 1 atom stereocenters. The maximum Gasteiger partial charge on any atom is 0.181 e. The van der Waals surface area contributed by atoms with Crippen molar-refractivity contribution in [2.45, 2.75) is 47.1 Å². The first kappa shape index (κ1) is 28.7. The molecule has 0 saturated heterocycles. The molecule has 0 radical (unpaired) electrons. The van der Waals surface area contributed by atoms with Crippen LogP contribution in [0.5, 0.6) is 0 Å². The van der Waals surface area contributed by atoms with E-state index >= 15 is 0 Å². The molecule has 3 aromatic rings. The summed E-state index contributed by atoms with van der Waals surface area (Å²) in [5.74, 6) is -0.952. The number of benzene rings is 2. The zero-order valence-corrected chi connectivity index (χ0v) is 24.0. The Balaban J connectivity index is 1.55. The van der Waals surface area contributed by atoms with E-state index in [0.717, 1.165) is 0 Å². The largest absolute Gasteiger partial charge is 0.384 e. The molecule has 11 heteroatoms. The maximum atomic E-state index is 13.2. The quantitative estimate of drug-likeness (QED) is 0.295. The number of ether oxygens (including phenoxy) is 1. The summed E-state index contributed by atoms with van der Waals surface area (Å²) in [6, 6.07) is 12.8. The molecule has 7 nitrogen and oxygen atoms in total. The highest BCUT2D eigenvalue weighted by Gasteiger charge is 2.36. The molecule has 0 aliphatic heterocycles. The molecule has 0 bridgehead atoms. The Bertz CT molecular complexity index is 1530. The standard InChI is InChI=1S/C27H27Cl2NO6S2/c1-3-37(32,33)21-10-11-25(30-15-21)22(16-36-2)26(31)14-17-12-23(28)27(24(29)13-17)18-4-6-19(7-5-18)38(34,35)20-8-9-20/h4-7,10-13,15,20,22H,3,8-9,14,16H2,1-2H3. The van der Waals surface area contributed by atoms with Gasteiger partial charge in [-0.1, -0.05) is 42.3 Å². The van der Waals surface area contributed by atoms with E-state index in [0.29, 0.717) is 45.3 Å². The van der Waals surface area contributed by atoms with Gasteiger partial charge in [0.2, 0.25) is 0 Å². The predicted molar refractivity (Wildman–Crippen MR) is 147 cm³/mol. The monoisotopic (exact) mass is 595 g/mol. The second kappa shape index (κ2) is 11.4. The van der Waals surface area contributed by atoms with Crippen molar-refractivity contribution in [2.24, 2.45) is 0 Å². The van der Waals surface area contributed by atoms with Gasteiger partial charge in [-0.3, -0.25) is 9.78 Å². The van der Waals surface area contributed by atoms with Gasteiger partial charge in [0.05, 0.1) is 49.1 Å². The van der Waals surface area contributed by atoms with Crippen LogP contribution in [0, 0.1) is 0 Å². The molecular weight excluding hydrogens is 569 g/mol. The molecule has 2 aromatic carbocycles. The summed E-state index contributed by atoms with van der Waals surface area (Å²) >= 11 is 13.1. The molecule has 1 saturated carbocycles. The third-order valence-corrected chi connectivity index (χ3v) is 11.1. The summed E-state index contributed by atoms with van der Waals surface area (Å²) in [6.45, 7) is 1.62. The van der Waals surface area contributed by atoms with Crippen LogP contribution >= 0.6 is 23.2 Å². The summed E-state index contributed by atoms with van der Waals surface area (Å²) in [6.07, 6.45) is 2.64. The number of rotatable bonds is 11. The highest BCUT2D eigenvalue weighted by atomic mass is 35.5. The molecule has 1 aliphatic carbocycles. The van der Waals surface area contributed by atoms with Crippen molar-refractivity contribution in [2.75, 3.05) is 19.5 Å². The number of sulfone groups is 2. The Morgan fingerprint density at radius 2 is 1.61 bits per heavy atom. The second-order valence-electron chi connectivity index (χ2n) is 9.18. The fraction of sp³-hybridized carbons (Fsp3) is 0.333. The minimum Gasteiger partial charge on any atom is -0.384 e. The molecule has 38 heavy (non-hydrogen) atoms. The summed E-state index contributed by atoms with van der Waals surface area (Å²) < 4.78 is 54.4. The van der Waals surface area contributed by atoms with Gasteiger partial charge < -0.3 is 4.74 Å². The maximum absolute atomic E-state index is 13.2. The van der Waals surface area contributed by atoms with Crippen LogP contribution < -0.4 is 0 Å². The number of halogens is 2. The number of pyridine rings is 1. The third kappa shape index (κ3) is 6.13. The van der Waals surface area contributed by atoms with Gasteiger partial charge in [0.15, 0.2) is 19.7 Å². The molecule has 1 heterocycles. The topological polar surface area (TPSA) is 107 Å². The molecule has 1 aromatic heterocycles. The lowest BCUT2D eigenvalue weighted by Gasteiger charge is -2.16. The first-order valence-corrected chi connectivity index (χ1v) is 16.0. The van der Waals surface area contributed by atoms with Gasteiger partial charge in [-0.2, -0.15) is 0 Å². The number of ketones is 1. The van der Waals surface area contributed by atoms with Gasteiger partial charge in [0.25, 0.3) is 0 Å². The molecular formula is C27H27Cl2NO6S2. The molecule has 1 unspecified atom stereocenters. The summed E-state index contributed by atoms with van der Waals surface area (Å²) in [5.41, 5.74) is 2.20. The lowest BCUT2D eigenvalue weighted by Crippen LogP contribution is -2.21. The fourth-order valence-electron chi connectivity index (χ4n) is 4.17. The van der Waals surface area contributed by atoms with Crippen molar-refractivity contribution in [3.63, 3.8) is 0 Å². The first-order chi connectivity index (χ1) is 18.0. The predicted octanol–water partition coefficient (Wildman–Crippen LogP) is 5.33. The van der Waals surface area contributed by atoms with Crippen molar-refractivity contribution in [3.05, 3.63) is 76.0 Å². The number of carbonyl (C=O) groups excluding carboxylic acids is 1. The lowest BCUT2D eigenvalue weighted by atomic mass is 9.94. The van der Waals surface area contributed by atoms with Crippen LogP contribution in [-0.2, 0) is 35.6 Å². The zero-order chi connectivity index (χ0) is 27.7. The Morgan fingerprint density at radius 3 is 2.11 bits per heavy atom. The van der Waals surface area contributed by atoms with Crippen LogP contribution in [0.4, 0.5) is 0 Å². The second-order valence-corrected chi connectivity index (χ2v) is 14.5. The summed E-state index contributed by atoms with van der Waals surface area (Å²) in [4.78, 5) is 17.8. The first-order valence-electron chi connectivity index (χ1n) is 12.0. The van der Waals surface area contributed by atoms with E-state index in [-0.39, 0.29) is 39.6 Å². The molecule has 202 valence electrons. The van der Waals surface area contributed by atoms with Crippen LogP contribution in [0.2, 0.25) is 10.0 Å². The number of hydrogen-bond donors (Lipinski definition) is 0. The number of hydrogen-bond acceptors (Lipinski definition) is 7. The van der Waals surface area contributed by atoms with Crippen LogP contribution in [0.15, 0.2) is 64.5 Å². The van der Waals surface area contributed by atoms with E-state index in [1.165, 1.54) is 25.4 Å². The average Bonchev–Trinajstić information content (AvgIpc) is 3.74. The molecule has 0 spiro atoms. The highest BCUT2D eigenvalue weighted by Crippen LogP contribution is 2.38. The minimum atomic E-state index is -3.41. The van der Waals surface area contributed by atoms with E-state index in [2.05, 4.69) is 4.98 Å². The minimum absolute atomic E-state index is 0.00298. The van der Waals surface area contributed by atoms with E-state index < -0.39 is 25.6 Å². The van der Waals surface area contributed by atoms with Crippen molar-refractivity contribution < 1.29 is 26.4 Å². The number of aromatic nitrogens is 1. The Kier molecular flexibility index (Phi) is 8.64. The van der Waals surface area contributed by atoms with E-state index in [1.54, 1.807) is 43.3 Å². The van der Waals surface area contributed by atoms with Gasteiger partial charge in [0.1, 0.15) is 5.78 Å². The molecule has 1 aliphatic rings. The number of nitrogens with zero attached hydrogens (tertiary/aromatic N) is 1. The van der Waals surface area contributed by atoms with Crippen molar-refractivity contribution >= 4 is 48.7 Å². The van der Waals surface area contributed by atoms with Crippen LogP contribution in [0.3, 0.4) is 0 Å². The Labute approximate surface area is 233 Å². The third-order valence-electron chi connectivity index (χ3n) is 6.49. The van der Waals surface area contributed by atoms with Gasteiger partial charge in [-0.05, 0) is 60.4 Å². The fourth-order valence-corrected chi connectivity index (χ4v) is 7.40. The van der Waals surface area contributed by atoms with Crippen LogP contribution in [0.25, 0.3) is 11.1 Å². The number of carbonyl (C=O) groups is 1.